The van der Waals surface area contributed by atoms with Crippen LogP contribution in [0.25, 0.3) is 11.3 Å². The maximum atomic E-state index is 13.6. The lowest BCUT2D eigenvalue weighted by Gasteiger charge is -2.34. The van der Waals surface area contributed by atoms with Crippen molar-refractivity contribution in [2.24, 2.45) is 5.41 Å². The molecule has 9 nitrogen and oxygen atoms in total. The highest BCUT2D eigenvalue weighted by atomic mass is 16.3. The van der Waals surface area contributed by atoms with Gasteiger partial charge in [0.25, 0.3) is 0 Å². The molecule has 1 saturated heterocycles. The summed E-state index contributed by atoms with van der Waals surface area (Å²) in [5, 5.41) is 24.7. The van der Waals surface area contributed by atoms with E-state index in [1.165, 1.54) is 11.9 Å². The first-order valence-corrected chi connectivity index (χ1v) is 11.0. The van der Waals surface area contributed by atoms with Gasteiger partial charge in [-0.2, -0.15) is 0 Å². The number of aliphatic hydroxyl groups excluding tert-OH is 1. The van der Waals surface area contributed by atoms with Crippen molar-refractivity contribution >= 4 is 17.5 Å². The van der Waals surface area contributed by atoms with Gasteiger partial charge in [-0.15, -0.1) is 5.10 Å². The van der Waals surface area contributed by atoms with Crippen molar-refractivity contribution < 1.29 is 14.7 Å². The van der Waals surface area contributed by atoms with Gasteiger partial charge in [0.15, 0.2) is 0 Å². The average Bonchev–Trinajstić information content (AvgIpc) is 3.33. The number of likely N-dealkylation sites (tertiary alicyclic amines) is 1. The number of anilines is 1. The van der Waals surface area contributed by atoms with Crippen LogP contribution in [-0.2, 0) is 9.59 Å². The SMILES string of the molecule is CNC(=O)[C@@H]1C[C@@H](O)CN1C(=O)[C@@H](n1cc(-c2cccc(NC(C)C)c2)nn1)C(C)(C)C. The van der Waals surface area contributed by atoms with Crippen LogP contribution in [0.2, 0.25) is 0 Å². The molecule has 0 saturated carbocycles. The van der Waals surface area contributed by atoms with Crippen molar-refractivity contribution in [1.82, 2.24) is 25.2 Å². The second-order valence-electron chi connectivity index (χ2n) is 9.74. The van der Waals surface area contributed by atoms with Gasteiger partial charge in [-0.25, -0.2) is 4.68 Å². The summed E-state index contributed by atoms with van der Waals surface area (Å²) in [6.07, 6.45) is 1.26. The fourth-order valence-electron chi connectivity index (χ4n) is 4.15. The van der Waals surface area contributed by atoms with E-state index in [1.54, 1.807) is 10.9 Å². The molecule has 3 atom stereocenters. The second kappa shape index (κ2) is 9.28. The predicted octanol–water partition coefficient (Wildman–Crippen LogP) is 2.06. The Morgan fingerprint density at radius 2 is 1.97 bits per heavy atom. The van der Waals surface area contributed by atoms with Crippen molar-refractivity contribution in [2.45, 2.75) is 65.3 Å². The summed E-state index contributed by atoms with van der Waals surface area (Å²) in [7, 11) is 1.53. The Morgan fingerprint density at radius 3 is 2.59 bits per heavy atom. The normalized spacial score (nSPS) is 19.8. The van der Waals surface area contributed by atoms with E-state index < -0.39 is 23.6 Å². The molecule has 0 spiro atoms. The zero-order valence-corrected chi connectivity index (χ0v) is 19.7. The number of aromatic nitrogens is 3. The summed E-state index contributed by atoms with van der Waals surface area (Å²) >= 11 is 0. The smallest absolute Gasteiger partial charge is 0.248 e. The van der Waals surface area contributed by atoms with Gasteiger partial charge in [0.05, 0.1) is 12.3 Å². The summed E-state index contributed by atoms with van der Waals surface area (Å²) in [4.78, 5) is 27.4. The van der Waals surface area contributed by atoms with Gasteiger partial charge in [-0.05, 0) is 31.4 Å². The number of β-amino-alcohol motifs (C(OH)–C–C–N with tert-alkyl or cyclic N) is 1. The topological polar surface area (TPSA) is 112 Å². The number of benzene rings is 1. The highest BCUT2D eigenvalue weighted by Gasteiger charge is 2.45. The number of rotatable bonds is 6. The van der Waals surface area contributed by atoms with Crippen molar-refractivity contribution in [3.05, 3.63) is 30.5 Å². The van der Waals surface area contributed by atoms with E-state index in [0.29, 0.717) is 11.7 Å². The molecule has 2 amide bonds. The lowest BCUT2D eigenvalue weighted by Crippen LogP contribution is -2.49. The van der Waals surface area contributed by atoms with Crippen LogP contribution in [-0.4, -0.2) is 68.6 Å². The molecule has 0 aliphatic carbocycles. The monoisotopic (exact) mass is 442 g/mol. The Morgan fingerprint density at radius 1 is 1.25 bits per heavy atom. The van der Waals surface area contributed by atoms with Gasteiger partial charge < -0.3 is 20.6 Å². The third kappa shape index (κ3) is 5.09. The van der Waals surface area contributed by atoms with E-state index in [4.69, 9.17) is 0 Å². The molecule has 3 rings (SSSR count). The number of amides is 2. The lowest BCUT2D eigenvalue weighted by atomic mass is 9.85. The molecule has 32 heavy (non-hydrogen) atoms. The molecule has 3 N–H and O–H groups in total. The van der Waals surface area contributed by atoms with Crippen LogP contribution in [0.15, 0.2) is 30.5 Å². The van der Waals surface area contributed by atoms with Crippen molar-refractivity contribution in [3.63, 3.8) is 0 Å². The summed E-state index contributed by atoms with van der Waals surface area (Å²) in [5.74, 6) is -0.536. The lowest BCUT2D eigenvalue weighted by molar-refractivity contribution is -0.144. The number of likely N-dealkylation sites (N-methyl/N-ethyl adjacent to an activating group) is 1. The molecule has 1 aromatic heterocycles. The molecule has 0 bridgehead atoms. The van der Waals surface area contributed by atoms with Crippen molar-refractivity contribution in [2.75, 3.05) is 18.9 Å². The minimum atomic E-state index is -0.732. The van der Waals surface area contributed by atoms with E-state index in [2.05, 4.69) is 34.8 Å². The third-order valence-corrected chi connectivity index (χ3v) is 5.55. The summed E-state index contributed by atoms with van der Waals surface area (Å²) in [5.41, 5.74) is 2.03. The number of carbonyl (C=O) groups is 2. The number of carbonyl (C=O) groups excluding carboxylic acids is 2. The van der Waals surface area contributed by atoms with Crippen LogP contribution in [0.5, 0.6) is 0 Å². The van der Waals surface area contributed by atoms with Gasteiger partial charge in [-0.1, -0.05) is 38.1 Å². The molecule has 174 valence electrons. The summed E-state index contributed by atoms with van der Waals surface area (Å²) in [6.45, 7) is 10.1. The fraction of sp³-hybridized carbons (Fsp3) is 0.565. The van der Waals surface area contributed by atoms with Crippen molar-refractivity contribution in [3.8, 4) is 11.3 Å². The van der Waals surface area contributed by atoms with E-state index in [-0.39, 0.29) is 24.8 Å². The zero-order chi connectivity index (χ0) is 23.6. The molecule has 2 heterocycles. The van der Waals surface area contributed by atoms with Gasteiger partial charge in [0.2, 0.25) is 11.8 Å². The van der Waals surface area contributed by atoms with E-state index >= 15 is 0 Å². The Labute approximate surface area is 189 Å². The molecule has 0 radical (unpaired) electrons. The molecule has 1 aromatic carbocycles. The first kappa shape index (κ1) is 23.7. The highest BCUT2D eigenvalue weighted by Crippen LogP contribution is 2.35. The first-order valence-electron chi connectivity index (χ1n) is 11.0. The molecule has 1 fully saturated rings. The molecule has 2 aromatic rings. The van der Waals surface area contributed by atoms with Crippen LogP contribution in [0.4, 0.5) is 5.69 Å². The molecule has 1 aliphatic heterocycles. The maximum absolute atomic E-state index is 13.6. The van der Waals surface area contributed by atoms with E-state index in [1.807, 2.05) is 45.0 Å². The van der Waals surface area contributed by atoms with E-state index in [0.717, 1.165) is 11.3 Å². The van der Waals surface area contributed by atoms with Crippen molar-refractivity contribution in [1.29, 1.82) is 0 Å². The summed E-state index contributed by atoms with van der Waals surface area (Å²) in [6, 6.07) is 6.81. The quantitative estimate of drug-likeness (QED) is 0.631. The van der Waals surface area contributed by atoms with Crippen LogP contribution in [0, 0.1) is 5.41 Å². The molecule has 9 heteroatoms. The predicted molar refractivity (Wildman–Crippen MR) is 123 cm³/mol. The molecule has 0 unspecified atom stereocenters. The molecular weight excluding hydrogens is 408 g/mol. The van der Waals surface area contributed by atoms with Gasteiger partial charge in [-0.3, -0.25) is 9.59 Å². The number of hydrogen-bond donors (Lipinski definition) is 3. The Kier molecular flexibility index (Phi) is 6.88. The first-order chi connectivity index (χ1) is 15.0. The fourth-order valence-corrected chi connectivity index (χ4v) is 4.15. The van der Waals surface area contributed by atoms with E-state index in [9.17, 15) is 14.7 Å². The molecule has 1 aliphatic rings. The Balaban J connectivity index is 1.92. The van der Waals surface area contributed by atoms with Gasteiger partial charge in [0, 0.05) is 37.3 Å². The number of nitrogens with zero attached hydrogens (tertiary/aromatic N) is 4. The number of aliphatic hydroxyl groups is 1. The van der Waals surface area contributed by atoms with Gasteiger partial charge in [0.1, 0.15) is 17.8 Å². The Bertz CT molecular complexity index is 965. The molecular formula is C23H34N6O3. The highest BCUT2D eigenvalue weighted by molar-refractivity contribution is 5.90. The number of nitrogens with one attached hydrogen (secondary N) is 2. The minimum Gasteiger partial charge on any atom is -0.391 e. The van der Waals surface area contributed by atoms with Gasteiger partial charge >= 0.3 is 0 Å². The largest absolute Gasteiger partial charge is 0.391 e. The Hall–Kier alpha value is -2.94. The van der Waals surface area contributed by atoms with Crippen LogP contribution in [0.3, 0.4) is 0 Å². The second-order valence-corrected chi connectivity index (χ2v) is 9.74. The maximum Gasteiger partial charge on any atom is 0.248 e. The standard InChI is InChI=1S/C23H34N6O3/c1-14(2)25-16-9-7-8-15(10-16)18-13-29(27-26-18)20(23(3,4)5)22(32)28-12-17(30)11-19(28)21(31)24-6/h7-10,13-14,17,19-20,25,30H,11-12H2,1-6H3,(H,24,31)/t17-,19+,20-/m1/s1. The van der Waals surface area contributed by atoms with Crippen LogP contribution < -0.4 is 10.6 Å². The van der Waals surface area contributed by atoms with Crippen LogP contribution in [0.1, 0.15) is 47.1 Å². The zero-order valence-electron chi connectivity index (χ0n) is 19.7. The average molecular weight is 443 g/mol. The number of hydrogen-bond acceptors (Lipinski definition) is 6. The third-order valence-electron chi connectivity index (χ3n) is 5.55. The van der Waals surface area contributed by atoms with Crippen LogP contribution >= 0.6 is 0 Å². The summed E-state index contributed by atoms with van der Waals surface area (Å²) < 4.78 is 1.58. The minimum absolute atomic E-state index is 0.119.